The van der Waals surface area contributed by atoms with Crippen LogP contribution in [0, 0.1) is 0 Å². The van der Waals surface area contributed by atoms with Gasteiger partial charge in [-0.25, -0.2) is 0 Å². The molecule has 0 unspecified atom stereocenters. The van der Waals surface area contributed by atoms with Crippen LogP contribution in [0.4, 0.5) is 0 Å². The van der Waals surface area contributed by atoms with Gasteiger partial charge in [0.05, 0.1) is 0 Å². The molecule has 0 amide bonds. The Bertz CT molecular complexity index is 1510. The summed E-state index contributed by atoms with van der Waals surface area (Å²) < 4.78 is 13.8. The summed E-state index contributed by atoms with van der Waals surface area (Å²) in [4.78, 5) is 5.55. The summed E-state index contributed by atoms with van der Waals surface area (Å²) in [5.41, 5.74) is 3.32. The maximum atomic E-state index is 7.12. The van der Waals surface area contributed by atoms with E-state index in [1.807, 2.05) is 12.3 Å². The summed E-state index contributed by atoms with van der Waals surface area (Å²) in [6.45, 7) is 2.20. The third-order valence-electron chi connectivity index (χ3n) is 7.58. The number of unbranched alkanes of at least 4 members (excludes halogenated alkanes) is 1. The van der Waals surface area contributed by atoms with Crippen LogP contribution in [0.1, 0.15) is 48.1 Å². The van der Waals surface area contributed by atoms with E-state index in [4.69, 9.17) is 14.3 Å². The van der Waals surface area contributed by atoms with Crippen molar-refractivity contribution in [2.24, 2.45) is 4.99 Å². The highest BCUT2D eigenvalue weighted by atomic mass is 16.6. The SMILES string of the molecule is CCCCB1Oc2ccc3ccccc3c2C=NC(c2ccccc2)(c2ccccc2)[C@@H](c2ccccc2)O1. The fraction of sp³-hybridized carbons (Fsp3) is 0.171. The molecule has 1 heterocycles. The van der Waals surface area contributed by atoms with Crippen molar-refractivity contribution in [2.45, 2.75) is 37.7 Å². The van der Waals surface area contributed by atoms with Crippen LogP contribution in [0.15, 0.2) is 132 Å². The second-order valence-corrected chi connectivity index (χ2v) is 10.1. The average Bonchev–Trinajstić information content (AvgIpc) is 3.08. The highest BCUT2D eigenvalue weighted by Gasteiger charge is 2.46. The van der Waals surface area contributed by atoms with Crippen LogP contribution in [-0.4, -0.2) is 13.3 Å². The molecule has 5 aromatic carbocycles. The largest absolute Gasteiger partial charge is 0.535 e. The summed E-state index contributed by atoms with van der Waals surface area (Å²) in [6, 6.07) is 44.1. The zero-order valence-corrected chi connectivity index (χ0v) is 22.2. The average molecular weight is 509 g/mol. The first kappa shape index (κ1) is 25.2. The Morgan fingerprint density at radius 2 is 1.33 bits per heavy atom. The Morgan fingerprint density at radius 3 is 2.00 bits per heavy atom. The van der Waals surface area contributed by atoms with Gasteiger partial charge in [-0.15, -0.1) is 0 Å². The molecule has 0 saturated carbocycles. The van der Waals surface area contributed by atoms with Crippen LogP contribution in [0.3, 0.4) is 0 Å². The first-order chi connectivity index (χ1) is 19.3. The summed E-state index contributed by atoms with van der Waals surface area (Å²) in [5.74, 6) is 0.794. The Balaban J connectivity index is 1.68. The topological polar surface area (TPSA) is 30.8 Å². The monoisotopic (exact) mass is 509 g/mol. The van der Waals surface area contributed by atoms with Crippen molar-refractivity contribution in [3.63, 3.8) is 0 Å². The number of fused-ring (bicyclic) bond motifs is 3. The number of rotatable bonds is 6. The van der Waals surface area contributed by atoms with E-state index in [9.17, 15) is 0 Å². The normalized spacial score (nSPS) is 16.5. The van der Waals surface area contributed by atoms with Crippen LogP contribution in [0.5, 0.6) is 5.75 Å². The van der Waals surface area contributed by atoms with E-state index in [-0.39, 0.29) is 0 Å². The Morgan fingerprint density at radius 1 is 0.718 bits per heavy atom. The number of nitrogens with zero attached hydrogens (tertiary/aromatic N) is 1. The predicted octanol–water partition coefficient (Wildman–Crippen LogP) is 8.64. The van der Waals surface area contributed by atoms with Crippen LogP contribution in [0.2, 0.25) is 6.32 Å². The molecular weight excluding hydrogens is 477 g/mol. The molecular formula is C35H32BNO2. The zero-order valence-electron chi connectivity index (χ0n) is 22.2. The molecule has 0 aromatic heterocycles. The number of hydrogen-bond acceptors (Lipinski definition) is 3. The Kier molecular flexibility index (Phi) is 7.29. The van der Waals surface area contributed by atoms with Gasteiger partial charge in [-0.1, -0.05) is 141 Å². The second-order valence-electron chi connectivity index (χ2n) is 10.1. The standard InChI is InChI=1S/C35H32BNO2/c1-2-3-25-36-38-33-24-23-27-15-13-14-22-31(27)32(33)26-37-35(29-18-9-5-10-19-29,30-20-11-6-12-21-30)34(39-36)28-16-7-4-8-17-28/h4-24,26,34H,2-3,25H2,1H3/t34-/m1/s1. The van der Waals surface area contributed by atoms with Gasteiger partial charge >= 0.3 is 7.12 Å². The lowest BCUT2D eigenvalue weighted by atomic mass is 9.73. The molecule has 0 radical (unpaired) electrons. The molecule has 0 bridgehead atoms. The van der Waals surface area contributed by atoms with Gasteiger partial charge < -0.3 is 9.31 Å². The van der Waals surface area contributed by atoms with E-state index in [1.165, 1.54) is 0 Å². The smallest absolute Gasteiger partial charge is 0.525 e. The lowest BCUT2D eigenvalue weighted by molar-refractivity contribution is 0.109. The molecule has 3 nitrogen and oxygen atoms in total. The van der Waals surface area contributed by atoms with Crippen LogP contribution in [0.25, 0.3) is 10.8 Å². The third-order valence-corrected chi connectivity index (χ3v) is 7.58. The summed E-state index contributed by atoms with van der Waals surface area (Å²) in [7, 11) is -0.441. The molecule has 39 heavy (non-hydrogen) atoms. The number of benzene rings is 5. The van der Waals surface area contributed by atoms with Crippen molar-refractivity contribution in [1.29, 1.82) is 0 Å². The molecule has 0 N–H and O–H groups in total. The highest BCUT2D eigenvalue weighted by Crippen LogP contribution is 2.48. The van der Waals surface area contributed by atoms with Crippen molar-refractivity contribution >= 4 is 24.1 Å². The lowest BCUT2D eigenvalue weighted by Gasteiger charge is -2.39. The first-order valence-electron chi connectivity index (χ1n) is 13.8. The summed E-state index contributed by atoms with van der Waals surface area (Å²) >= 11 is 0. The molecule has 1 aliphatic heterocycles. The molecule has 0 aliphatic carbocycles. The molecule has 4 heteroatoms. The minimum atomic E-state index is -0.851. The molecule has 192 valence electrons. The highest BCUT2D eigenvalue weighted by molar-refractivity contribution is 6.45. The predicted molar refractivity (Wildman–Crippen MR) is 162 cm³/mol. The fourth-order valence-electron chi connectivity index (χ4n) is 5.61. The van der Waals surface area contributed by atoms with Crippen LogP contribution in [-0.2, 0) is 10.2 Å². The molecule has 5 aromatic rings. The quantitative estimate of drug-likeness (QED) is 0.215. The van der Waals surface area contributed by atoms with Gasteiger partial charge in [-0.05, 0) is 39.8 Å². The van der Waals surface area contributed by atoms with Crippen molar-refractivity contribution in [2.75, 3.05) is 0 Å². The van der Waals surface area contributed by atoms with E-state index < -0.39 is 18.8 Å². The van der Waals surface area contributed by atoms with E-state index in [0.29, 0.717) is 0 Å². The minimum Gasteiger partial charge on any atom is -0.535 e. The van der Waals surface area contributed by atoms with Gasteiger partial charge in [0.25, 0.3) is 0 Å². The van der Waals surface area contributed by atoms with Crippen LogP contribution < -0.4 is 4.65 Å². The van der Waals surface area contributed by atoms with Gasteiger partial charge in [-0.2, -0.15) is 0 Å². The molecule has 0 saturated heterocycles. The van der Waals surface area contributed by atoms with Crippen molar-refractivity contribution < 1.29 is 9.31 Å². The molecule has 1 aliphatic rings. The maximum Gasteiger partial charge on any atom is 0.525 e. The minimum absolute atomic E-state index is 0.429. The number of hydrogen-bond donors (Lipinski definition) is 0. The zero-order chi connectivity index (χ0) is 26.5. The van der Waals surface area contributed by atoms with Gasteiger partial charge in [0, 0.05) is 11.8 Å². The van der Waals surface area contributed by atoms with Crippen molar-refractivity contribution in [3.05, 3.63) is 150 Å². The Labute approximate surface area is 231 Å². The van der Waals surface area contributed by atoms with E-state index >= 15 is 0 Å². The molecule has 1 atom stereocenters. The van der Waals surface area contributed by atoms with Gasteiger partial charge in [-0.3, -0.25) is 4.99 Å². The second kappa shape index (κ2) is 11.3. The van der Waals surface area contributed by atoms with E-state index in [0.717, 1.165) is 57.9 Å². The molecule has 6 rings (SSSR count). The van der Waals surface area contributed by atoms with Gasteiger partial charge in [0.1, 0.15) is 17.4 Å². The first-order valence-corrected chi connectivity index (χ1v) is 13.8. The van der Waals surface area contributed by atoms with E-state index in [1.54, 1.807) is 0 Å². The molecule has 0 spiro atoms. The third kappa shape index (κ3) is 4.89. The molecule has 0 fully saturated rings. The fourth-order valence-corrected chi connectivity index (χ4v) is 5.61. The van der Waals surface area contributed by atoms with Gasteiger partial charge in [0.2, 0.25) is 0 Å². The van der Waals surface area contributed by atoms with Crippen molar-refractivity contribution in [3.8, 4) is 5.75 Å². The summed E-state index contributed by atoms with van der Waals surface area (Å²) in [5, 5.41) is 2.27. The summed E-state index contributed by atoms with van der Waals surface area (Å²) in [6.07, 6.45) is 4.43. The maximum absolute atomic E-state index is 7.12. The van der Waals surface area contributed by atoms with E-state index in [2.05, 4.69) is 128 Å². The Hall–Kier alpha value is -4.15. The van der Waals surface area contributed by atoms with Crippen molar-refractivity contribution in [1.82, 2.24) is 0 Å². The van der Waals surface area contributed by atoms with Crippen LogP contribution >= 0.6 is 0 Å². The number of aliphatic imine (C=N–C) groups is 1. The van der Waals surface area contributed by atoms with Gasteiger partial charge in [0.15, 0.2) is 0 Å². The lowest BCUT2D eigenvalue weighted by Crippen LogP contribution is -2.39.